The minimum atomic E-state index is 0.672. The van der Waals surface area contributed by atoms with Gasteiger partial charge >= 0.3 is 0 Å². The van der Waals surface area contributed by atoms with Crippen molar-refractivity contribution in [2.24, 2.45) is 11.8 Å². The number of piperidine rings is 3. The van der Waals surface area contributed by atoms with E-state index in [0.29, 0.717) is 5.92 Å². The molecule has 0 saturated carbocycles. The maximum Gasteiger partial charge on any atom is 0.0412 e. The summed E-state index contributed by atoms with van der Waals surface area (Å²) in [6, 6.07) is 15.1. The molecule has 0 N–H and O–H groups in total. The lowest BCUT2D eigenvalue weighted by Crippen LogP contribution is -2.46. The predicted octanol–water partition coefficient (Wildman–Crippen LogP) is 5.58. The summed E-state index contributed by atoms with van der Waals surface area (Å²) in [6.07, 6.45) is 5.27. The molecule has 24 heavy (non-hydrogen) atoms. The second-order valence-electron chi connectivity index (χ2n) is 7.12. The number of benzene rings is 2. The van der Waals surface area contributed by atoms with E-state index < -0.39 is 0 Å². The Morgan fingerprint density at radius 3 is 2.58 bits per heavy atom. The second kappa shape index (κ2) is 5.94. The molecule has 6 rings (SSSR count). The van der Waals surface area contributed by atoms with Crippen molar-refractivity contribution in [3.05, 3.63) is 64.7 Å². The van der Waals surface area contributed by atoms with Crippen LogP contribution in [0.25, 0.3) is 5.57 Å². The first-order chi connectivity index (χ1) is 11.8. The van der Waals surface area contributed by atoms with Gasteiger partial charge in [0, 0.05) is 21.4 Å². The van der Waals surface area contributed by atoms with Crippen LogP contribution in [0.1, 0.15) is 24.0 Å². The third-order valence-corrected chi connectivity index (χ3v) is 7.10. The van der Waals surface area contributed by atoms with E-state index in [1.165, 1.54) is 59.0 Å². The first-order valence-corrected chi connectivity index (χ1v) is 9.99. The van der Waals surface area contributed by atoms with E-state index in [1.807, 2.05) is 17.8 Å². The normalized spacial score (nSPS) is 29.4. The average Bonchev–Trinajstić information content (AvgIpc) is 2.63. The fraction of sp³-hybridized carbons (Fsp3) is 0.333. The Balaban J connectivity index is 1.64. The third-order valence-electron chi connectivity index (χ3n) is 5.72. The molecule has 4 heterocycles. The van der Waals surface area contributed by atoms with Crippen molar-refractivity contribution in [1.29, 1.82) is 0 Å². The average molecular weight is 354 g/mol. The van der Waals surface area contributed by atoms with Crippen LogP contribution in [0.5, 0.6) is 0 Å². The van der Waals surface area contributed by atoms with Crippen LogP contribution >= 0.6 is 23.4 Å². The van der Waals surface area contributed by atoms with Gasteiger partial charge in [0.1, 0.15) is 0 Å². The number of rotatable bonds is 1. The molecule has 3 fully saturated rings. The highest BCUT2D eigenvalue weighted by Gasteiger charge is 2.34. The lowest BCUT2D eigenvalue weighted by atomic mass is 9.77. The van der Waals surface area contributed by atoms with Gasteiger partial charge in [-0.15, -0.1) is 0 Å². The van der Waals surface area contributed by atoms with Crippen LogP contribution in [0.3, 0.4) is 0 Å². The maximum absolute atomic E-state index is 6.33. The zero-order chi connectivity index (χ0) is 16.1. The number of hydrogen-bond acceptors (Lipinski definition) is 2. The molecule has 0 unspecified atom stereocenters. The van der Waals surface area contributed by atoms with Gasteiger partial charge in [-0.3, -0.25) is 0 Å². The van der Waals surface area contributed by atoms with Gasteiger partial charge in [-0.05, 0) is 78.7 Å². The monoisotopic (exact) mass is 353 g/mol. The Labute approximate surface area is 152 Å². The van der Waals surface area contributed by atoms with Crippen molar-refractivity contribution >= 4 is 28.9 Å². The Morgan fingerprint density at radius 2 is 1.79 bits per heavy atom. The minimum absolute atomic E-state index is 0.672. The largest absolute Gasteiger partial charge is 0.303 e. The maximum atomic E-state index is 6.33. The number of fused-ring (bicyclic) bond motifs is 5. The summed E-state index contributed by atoms with van der Waals surface area (Å²) in [5.41, 5.74) is 4.07. The first kappa shape index (κ1) is 15.1. The van der Waals surface area contributed by atoms with E-state index in [0.717, 1.165) is 10.9 Å². The van der Waals surface area contributed by atoms with Gasteiger partial charge in [-0.25, -0.2) is 0 Å². The fourth-order valence-electron chi connectivity index (χ4n) is 4.44. The second-order valence-corrected chi connectivity index (χ2v) is 8.64. The molecule has 2 aromatic rings. The lowest BCUT2D eigenvalue weighted by molar-refractivity contribution is 0.0738. The molecule has 0 radical (unpaired) electrons. The van der Waals surface area contributed by atoms with Gasteiger partial charge in [0.2, 0.25) is 0 Å². The van der Waals surface area contributed by atoms with E-state index >= 15 is 0 Å². The van der Waals surface area contributed by atoms with Crippen molar-refractivity contribution in [1.82, 2.24) is 4.90 Å². The van der Waals surface area contributed by atoms with Gasteiger partial charge in [0.05, 0.1) is 0 Å². The van der Waals surface area contributed by atoms with E-state index in [2.05, 4.69) is 47.4 Å². The van der Waals surface area contributed by atoms with E-state index in [1.54, 1.807) is 0 Å². The smallest absolute Gasteiger partial charge is 0.0412 e. The van der Waals surface area contributed by atoms with Gasteiger partial charge in [0.15, 0.2) is 0 Å². The van der Waals surface area contributed by atoms with Crippen molar-refractivity contribution in [2.45, 2.75) is 22.6 Å². The molecule has 0 aromatic heterocycles. The standard InChI is InChI=1S/C21H20ClNS/c22-16-5-6-21-19(12-16)18(17-3-1-2-4-20(17)24-21)11-15-13-23-9-7-14(15)8-10-23/h1-6,11-12,14-15H,7-10,13H2/b18-11+/t15-/m1/s1. The molecule has 4 aliphatic heterocycles. The molecule has 0 aliphatic carbocycles. The van der Waals surface area contributed by atoms with Crippen LogP contribution in [0, 0.1) is 11.8 Å². The van der Waals surface area contributed by atoms with Crippen LogP contribution in [0.4, 0.5) is 0 Å². The lowest BCUT2D eigenvalue weighted by Gasteiger charge is -2.44. The van der Waals surface area contributed by atoms with E-state index in [4.69, 9.17) is 11.6 Å². The van der Waals surface area contributed by atoms with Crippen LogP contribution in [-0.2, 0) is 0 Å². The summed E-state index contributed by atoms with van der Waals surface area (Å²) in [4.78, 5) is 5.31. The zero-order valence-electron chi connectivity index (χ0n) is 13.5. The Morgan fingerprint density at radius 1 is 1.00 bits per heavy atom. The number of halogens is 1. The molecule has 0 amide bonds. The van der Waals surface area contributed by atoms with Gasteiger partial charge in [-0.2, -0.15) is 0 Å². The Kier molecular flexibility index (Phi) is 3.73. The van der Waals surface area contributed by atoms with Gasteiger partial charge in [0.25, 0.3) is 0 Å². The van der Waals surface area contributed by atoms with Crippen LogP contribution in [0.2, 0.25) is 5.02 Å². The van der Waals surface area contributed by atoms with Crippen molar-refractivity contribution in [3.63, 3.8) is 0 Å². The summed E-state index contributed by atoms with van der Waals surface area (Å²) in [6.45, 7) is 3.80. The zero-order valence-corrected chi connectivity index (χ0v) is 15.1. The highest BCUT2D eigenvalue weighted by molar-refractivity contribution is 7.99. The highest BCUT2D eigenvalue weighted by Crippen LogP contribution is 2.47. The van der Waals surface area contributed by atoms with Gasteiger partial charge in [-0.1, -0.05) is 47.6 Å². The molecule has 3 saturated heterocycles. The highest BCUT2D eigenvalue weighted by atomic mass is 35.5. The van der Waals surface area contributed by atoms with E-state index in [-0.39, 0.29) is 0 Å². The van der Waals surface area contributed by atoms with Crippen molar-refractivity contribution in [2.75, 3.05) is 19.6 Å². The third kappa shape index (κ3) is 2.52. The minimum Gasteiger partial charge on any atom is -0.303 e. The quantitative estimate of drug-likeness (QED) is 0.562. The SMILES string of the molecule is Clc1ccc2c(c1)/C(=C/[C@@H]1CN3CCC1CC3)c1ccccc1S2. The summed E-state index contributed by atoms with van der Waals surface area (Å²) in [7, 11) is 0. The fourth-order valence-corrected chi connectivity index (χ4v) is 5.70. The molecule has 2 bridgehead atoms. The molecule has 3 heteroatoms. The van der Waals surface area contributed by atoms with Gasteiger partial charge < -0.3 is 4.90 Å². The molecule has 0 spiro atoms. The molecular weight excluding hydrogens is 334 g/mol. The summed E-state index contributed by atoms with van der Waals surface area (Å²) >= 11 is 8.19. The summed E-state index contributed by atoms with van der Waals surface area (Å²) in [5, 5.41) is 0.827. The van der Waals surface area contributed by atoms with Crippen LogP contribution < -0.4 is 0 Å². The predicted molar refractivity (Wildman–Crippen MR) is 102 cm³/mol. The Hall–Kier alpha value is -1.22. The summed E-state index contributed by atoms with van der Waals surface area (Å²) < 4.78 is 0. The van der Waals surface area contributed by atoms with Crippen molar-refractivity contribution < 1.29 is 0 Å². The molecular formula is C21H20ClNS. The summed E-state index contributed by atoms with van der Waals surface area (Å²) in [5.74, 6) is 1.53. The number of hydrogen-bond donors (Lipinski definition) is 0. The molecule has 122 valence electrons. The molecule has 1 nitrogen and oxygen atoms in total. The molecule has 1 atom stereocenters. The molecule has 2 aromatic carbocycles. The van der Waals surface area contributed by atoms with Crippen LogP contribution in [0.15, 0.2) is 58.3 Å². The first-order valence-electron chi connectivity index (χ1n) is 8.79. The van der Waals surface area contributed by atoms with Crippen molar-refractivity contribution in [3.8, 4) is 0 Å². The topological polar surface area (TPSA) is 3.24 Å². The number of nitrogens with zero attached hydrogens (tertiary/aromatic N) is 1. The van der Waals surface area contributed by atoms with E-state index in [9.17, 15) is 0 Å². The molecule has 4 aliphatic rings. The Bertz CT molecular complexity index is 820. The van der Waals surface area contributed by atoms with Crippen LogP contribution in [-0.4, -0.2) is 24.5 Å².